The van der Waals surface area contributed by atoms with E-state index in [1.807, 2.05) is 30.3 Å². The molecule has 0 atom stereocenters. The van der Waals surface area contributed by atoms with Gasteiger partial charge in [0, 0.05) is 6.61 Å². The van der Waals surface area contributed by atoms with E-state index in [1.165, 1.54) is 11.1 Å². The van der Waals surface area contributed by atoms with Crippen molar-refractivity contribution >= 4 is 10.1 Å². The fourth-order valence-electron chi connectivity index (χ4n) is 1.78. The summed E-state index contributed by atoms with van der Waals surface area (Å²) in [5, 5.41) is 8.77. The number of hydrogen-bond donors (Lipinski definition) is 2. The van der Waals surface area contributed by atoms with Crippen LogP contribution in [0.4, 0.5) is 0 Å². The van der Waals surface area contributed by atoms with Crippen molar-refractivity contribution in [2.45, 2.75) is 19.4 Å². The van der Waals surface area contributed by atoms with Gasteiger partial charge in [-0.25, -0.2) is 0 Å². The lowest BCUT2D eigenvalue weighted by molar-refractivity contribution is 0.288. The summed E-state index contributed by atoms with van der Waals surface area (Å²) in [5.74, 6) is 0.881. The van der Waals surface area contributed by atoms with Gasteiger partial charge in [0.1, 0.15) is 12.4 Å². The zero-order valence-corrected chi connectivity index (χ0v) is 13.9. The van der Waals surface area contributed by atoms with Gasteiger partial charge in [-0.2, -0.15) is 8.42 Å². The number of aliphatic hydroxyl groups excluding tert-OH is 1. The van der Waals surface area contributed by atoms with Gasteiger partial charge in [0.15, 0.2) is 0 Å². The van der Waals surface area contributed by atoms with Crippen LogP contribution in [-0.2, 0) is 23.1 Å². The van der Waals surface area contributed by atoms with E-state index in [-0.39, 0.29) is 6.61 Å². The van der Waals surface area contributed by atoms with Crippen LogP contribution in [0.5, 0.6) is 5.75 Å². The molecule has 0 aromatic heterocycles. The molecule has 2 N–H and O–H groups in total. The van der Waals surface area contributed by atoms with Crippen LogP contribution >= 0.6 is 0 Å². The van der Waals surface area contributed by atoms with Crippen molar-refractivity contribution in [1.29, 1.82) is 0 Å². The predicted molar refractivity (Wildman–Crippen MR) is 90.1 cm³/mol. The van der Waals surface area contributed by atoms with Crippen molar-refractivity contribution in [2.24, 2.45) is 0 Å². The highest BCUT2D eigenvalue weighted by Crippen LogP contribution is 2.15. The molecule has 2 rings (SSSR count). The summed E-state index contributed by atoms with van der Waals surface area (Å²) in [7, 11) is -3.67. The van der Waals surface area contributed by atoms with Crippen molar-refractivity contribution in [3.05, 3.63) is 65.7 Å². The molecule has 5 nitrogen and oxygen atoms in total. The Bertz CT molecular complexity index is 643. The second kappa shape index (κ2) is 9.99. The molecule has 2 aromatic rings. The Morgan fingerprint density at radius 1 is 0.957 bits per heavy atom. The molecule has 0 amide bonds. The molecule has 0 aliphatic heterocycles. The average Bonchev–Trinajstić information content (AvgIpc) is 2.51. The van der Waals surface area contributed by atoms with Gasteiger partial charge in [-0.15, -0.1) is 0 Å². The Kier molecular flexibility index (Phi) is 8.32. The van der Waals surface area contributed by atoms with E-state index in [0.29, 0.717) is 12.9 Å². The summed E-state index contributed by atoms with van der Waals surface area (Å²) in [6.45, 7) is 0.836. The second-order valence-electron chi connectivity index (χ2n) is 4.98. The van der Waals surface area contributed by atoms with Gasteiger partial charge >= 0.3 is 0 Å². The first kappa shape index (κ1) is 19.2. The SMILES string of the molecule is CS(=O)(=O)O.OCCCc1ccc(OCc2ccccc2)cc1. The normalized spacial score (nSPS) is 10.6. The fourth-order valence-corrected chi connectivity index (χ4v) is 1.78. The predicted octanol–water partition coefficient (Wildman–Crippen LogP) is 2.69. The molecule has 2 aromatic carbocycles. The van der Waals surface area contributed by atoms with Crippen molar-refractivity contribution in [3.8, 4) is 5.75 Å². The van der Waals surface area contributed by atoms with Crippen LogP contribution in [0.25, 0.3) is 0 Å². The number of rotatable bonds is 6. The minimum atomic E-state index is -3.67. The Morgan fingerprint density at radius 2 is 1.52 bits per heavy atom. The van der Waals surface area contributed by atoms with Gasteiger partial charge in [-0.05, 0) is 36.1 Å². The molecule has 0 aliphatic rings. The first-order valence-electron chi connectivity index (χ1n) is 7.17. The van der Waals surface area contributed by atoms with Gasteiger partial charge in [0.05, 0.1) is 6.26 Å². The lowest BCUT2D eigenvalue weighted by atomic mass is 10.1. The summed E-state index contributed by atoms with van der Waals surface area (Å²) >= 11 is 0. The van der Waals surface area contributed by atoms with Gasteiger partial charge in [0.2, 0.25) is 0 Å². The zero-order chi connectivity index (χ0) is 17.1. The molecule has 6 heteroatoms. The van der Waals surface area contributed by atoms with Crippen LogP contribution in [0.15, 0.2) is 54.6 Å². The van der Waals surface area contributed by atoms with Crippen LogP contribution in [-0.4, -0.2) is 30.9 Å². The Morgan fingerprint density at radius 3 is 2.04 bits per heavy atom. The average molecular weight is 338 g/mol. The number of ether oxygens (including phenoxy) is 1. The van der Waals surface area contributed by atoms with E-state index >= 15 is 0 Å². The van der Waals surface area contributed by atoms with E-state index in [9.17, 15) is 8.42 Å². The standard InChI is InChI=1S/C16H18O2.CH4O3S/c17-12-4-7-14-8-10-16(11-9-14)18-13-15-5-2-1-3-6-15;1-5(2,3)4/h1-3,5-6,8-11,17H,4,7,12-13H2;1H3,(H,2,3,4). The summed E-state index contributed by atoms with van der Waals surface area (Å²) in [4.78, 5) is 0. The van der Waals surface area contributed by atoms with E-state index in [1.54, 1.807) is 0 Å². The Balaban J connectivity index is 0.000000463. The number of hydrogen-bond acceptors (Lipinski definition) is 4. The monoisotopic (exact) mass is 338 g/mol. The number of aryl methyl sites for hydroxylation is 1. The lowest BCUT2D eigenvalue weighted by Crippen LogP contribution is -1.95. The minimum absolute atomic E-state index is 0.242. The van der Waals surface area contributed by atoms with Gasteiger partial charge < -0.3 is 9.84 Å². The van der Waals surface area contributed by atoms with Crippen LogP contribution in [0.1, 0.15) is 17.5 Å². The zero-order valence-electron chi connectivity index (χ0n) is 13.1. The highest BCUT2D eigenvalue weighted by Gasteiger charge is 1.97. The van der Waals surface area contributed by atoms with E-state index < -0.39 is 10.1 Å². The molecular weight excluding hydrogens is 316 g/mol. The Labute approximate surface area is 137 Å². The summed E-state index contributed by atoms with van der Waals surface area (Å²) in [6.07, 6.45) is 2.44. The topological polar surface area (TPSA) is 83.8 Å². The first-order valence-corrected chi connectivity index (χ1v) is 9.02. The molecule has 0 bridgehead atoms. The largest absolute Gasteiger partial charge is 0.489 e. The fraction of sp³-hybridized carbons (Fsp3) is 0.294. The molecule has 0 saturated heterocycles. The van der Waals surface area contributed by atoms with Gasteiger partial charge in [-0.1, -0.05) is 42.5 Å². The van der Waals surface area contributed by atoms with Crippen molar-refractivity contribution in [2.75, 3.05) is 12.9 Å². The molecule has 126 valence electrons. The van der Waals surface area contributed by atoms with Crippen molar-refractivity contribution in [3.63, 3.8) is 0 Å². The highest BCUT2D eigenvalue weighted by atomic mass is 32.2. The van der Waals surface area contributed by atoms with Gasteiger partial charge in [0.25, 0.3) is 10.1 Å². The molecule has 0 fully saturated rings. The molecule has 0 aliphatic carbocycles. The molecule has 0 spiro atoms. The maximum atomic E-state index is 9.19. The Hall–Kier alpha value is -1.89. The summed E-state index contributed by atoms with van der Waals surface area (Å²) < 4.78 is 31.6. The molecule has 0 unspecified atom stereocenters. The van der Waals surface area contributed by atoms with E-state index in [0.717, 1.165) is 18.6 Å². The van der Waals surface area contributed by atoms with Crippen LogP contribution in [0.2, 0.25) is 0 Å². The molecule has 0 heterocycles. The molecular formula is C17H22O5S. The minimum Gasteiger partial charge on any atom is -0.489 e. The lowest BCUT2D eigenvalue weighted by Gasteiger charge is -2.07. The van der Waals surface area contributed by atoms with E-state index in [2.05, 4.69) is 24.3 Å². The van der Waals surface area contributed by atoms with Crippen molar-refractivity contribution in [1.82, 2.24) is 0 Å². The first-order chi connectivity index (χ1) is 10.9. The third-order valence-electron chi connectivity index (χ3n) is 2.80. The smallest absolute Gasteiger partial charge is 0.261 e. The molecule has 23 heavy (non-hydrogen) atoms. The third kappa shape index (κ3) is 10.5. The molecule has 0 radical (unpaired) electrons. The van der Waals surface area contributed by atoms with Crippen LogP contribution < -0.4 is 4.74 Å². The van der Waals surface area contributed by atoms with E-state index in [4.69, 9.17) is 14.4 Å². The summed E-state index contributed by atoms with van der Waals surface area (Å²) in [5.41, 5.74) is 2.40. The van der Waals surface area contributed by atoms with Crippen LogP contribution in [0, 0.1) is 0 Å². The maximum absolute atomic E-state index is 9.19. The molecule has 0 saturated carbocycles. The van der Waals surface area contributed by atoms with Crippen molar-refractivity contribution < 1.29 is 22.8 Å². The van der Waals surface area contributed by atoms with Crippen LogP contribution in [0.3, 0.4) is 0 Å². The quantitative estimate of drug-likeness (QED) is 0.791. The number of aliphatic hydroxyl groups is 1. The highest BCUT2D eigenvalue weighted by molar-refractivity contribution is 7.85. The summed E-state index contributed by atoms with van der Waals surface area (Å²) in [6, 6.07) is 18.2. The number of benzene rings is 2. The second-order valence-corrected chi connectivity index (χ2v) is 6.44. The third-order valence-corrected chi connectivity index (χ3v) is 2.80. The van der Waals surface area contributed by atoms with Gasteiger partial charge in [-0.3, -0.25) is 4.55 Å². The maximum Gasteiger partial charge on any atom is 0.261 e.